The quantitative estimate of drug-likeness (QED) is 0.802. The average molecular weight is 308 g/mol. The van der Waals surface area contributed by atoms with Crippen molar-refractivity contribution >= 4 is 17.2 Å². The first-order valence-electron chi connectivity index (χ1n) is 7.99. The van der Waals surface area contributed by atoms with Crippen molar-refractivity contribution in [3.8, 4) is 0 Å². The van der Waals surface area contributed by atoms with Crippen LogP contribution in [0.15, 0.2) is 43.1 Å². The van der Waals surface area contributed by atoms with Gasteiger partial charge in [0.1, 0.15) is 11.3 Å². The lowest BCUT2D eigenvalue weighted by Crippen LogP contribution is -2.24. The zero-order chi connectivity index (χ0) is 15.6. The first-order valence-corrected chi connectivity index (χ1v) is 7.99. The molecule has 1 unspecified atom stereocenters. The van der Waals surface area contributed by atoms with E-state index in [1.165, 1.54) is 0 Å². The van der Waals surface area contributed by atoms with Gasteiger partial charge in [-0.25, -0.2) is 15.0 Å². The molecule has 0 saturated carbocycles. The number of nitrogens with one attached hydrogen (secondary N) is 1. The van der Waals surface area contributed by atoms with Crippen molar-refractivity contribution in [3.63, 3.8) is 0 Å². The maximum absolute atomic E-state index is 4.56. The lowest BCUT2D eigenvalue weighted by molar-refractivity contribution is 0.621. The number of nitrogens with zero attached hydrogens (tertiary/aromatic N) is 5. The molecule has 4 heterocycles. The Morgan fingerprint density at radius 3 is 3.22 bits per heavy atom. The minimum absolute atomic E-state index is 0.599. The summed E-state index contributed by atoms with van der Waals surface area (Å²) in [6.45, 7) is 5.00. The number of rotatable bonds is 4. The van der Waals surface area contributed by atoms with Gasteiger partial charge >= 0.3 is 0 Å². The van der Waals surface area contributed by atoms with E-state index in [-0.39, 0.29) is 0 Å². The van der Waals surface area contributed by atoms with E-state index >= 15 is 0 Å². The van der Waals surface area contributed by atoms with E-state index in [0.717, 1.165) is 48.9 Å². The van der Waals surface area contributed by atoms with Crippen LogP contribution in [0.1, 0.15) is 12.1 Å². The van der Waals surface area contributed by atoms with Gasteiger partial charge < -0.3 is 14.6 Å². The summed E-state index contributed by atoms with van der Waals surface area (Å²) in [4.78, 5) is 15.6. The van der Waals surface area contributed by atoms with E-state index in [2.05, 4.69) is 25.2 Å². The summed E-state index contributed by atoms with van der Waals surface area (Å²) in [6, 6.07) is 6.07. The Bertz CT molecular complexity index is 811. The van der Waals surface area contributed by atoms with Gasteiger partial charge in [-0.1, -0.05) is 6.07 Å². The van der Waals surface area contributed by atoms with Crippen LogP contribution in [0.25, 0.3) is 5.52 Å². The second kappa shape index (κ2) is 5.87. The lowest BCUT2D eigenvalue weighted by Gasteiger charge is -2.18. The first kappa shape index (κ1) is 14.0. The van der Waals surface area contributed by atoms with Crippen LogP contribution < -0.4 is 10.2 Å². The summed E-state index contributed by atoms with van der Waals surface area (Å²) in [5.41, 5.74) is 2.11. The van der Waals surface area contributed by atoms with Gasteiger partial charge in [-0.2, -0.15) is 0 Å². The molecule has 118 valence electrons. The molecule has 4 rings (SSSR count). The molecule has 1 saturated heterocycles. The highest BCUT2D eigenvalue weighted by atomic mass is 15.2. The average Bonchev–Trinajstić information content (AvgIpc) is 3.22. The summed E-state index contributed by atoms with van der Waals surface area (Å²) in [5, 5.41) is 3.46. The van der Waals surface area contributed by atoms with Crippen LogP contribution in [0.2, 0.25) is 0 Å². The zero-order valence-corrected chi connectivity index (χ0v) is 13.2. The Kier molecular flexibility index (Phi) is 3.57. The SMILES string of the molecule is Cc1cccc(NCC2CCN(c3nccn4cncc34)C2)n1. The van der Waals surface area contributed by atoms with Gasteiger partial charge in [0.15, 0.2) is 5.82 Å². The number of imidazole rings is 1. The number of aromatic nitrogens is 4. The van der Waals surface area contributed by atoms with E-state index in [1.807, 2.05) is 54.4 Å². The van der Waals surface area contributed by atoms with Gasteiger partial charge in [-0.3, -0.25) is 0 Å². The Labute approximate surface area is 135 Å². The van der Waals surface area contributed by atoms with Crippen molar-refractivity contribution in [3.05, 3.63) is 48.8 Å². The first-order chi connectivity index (χ1) is 11.3. The minimum atomic E-state index is 0.599. The van der Waals surface area contributed by atoms with Crippen molar-refractivity contribution in [2.45, 2.75) is 13.3 Å². The molecule has 6 heteroatoms. The highest BCUT2D eigenvalue weighted by molar-refractivity contribution is 5.68. The second-order valence-electron chi connectivity index (χ2n) is 6.08. The van der Waals surface area contributed by atoms with Gasteiger partial charge in [-0.05, 0) is 31.4 Å². The molecule has 0 radical (unpaired) electrons. The van der Waals surface area contributed by atoms with E-state index in [4.69, 9.17) is 0 Å². The number of hydrogen-bond acceptors (Lipinski definition) is 5. The minimum Gasteiger partial charge on any atom is -0.370 e. The molecule has 23 heavy (non-hydrogen) atoms. The lowest BCUT2D eigenvalue weighted by atomic mass is 10.1. The Morgan fingerprint density at radius 2 is 2.30 bits per heavy atom. The summed E-state index contributed by atoms with van der Waals surface area (Å²) < 4.78 is 2.02. The second-order valence-corrected chi connectivity index (χ2v) is 6.08. The fraction of sp³-hybridized carbons (Fsp3) is 0.353. The molecule has 0 aromatic carbocycles. The van der Waals surface area contributed by atoms with Crippen LogP contribution in [0, 0.1) is 12.8 Å². The molecular weight excluding hydrogens is 288 g/mol. The molecule has 3 aromatic rings. The third-order valence-electron chi connectivity index (χ3n) is 4.36. The van der Waals surface area contributed by atoms with Crippen LogP contribution in [0.3, 0.4) is 0 Å². The van der Waals surface area contributed by atoms with Gasteiger partial charge in [0.05, 0.1) is 12.5 Å². The van der Waals surface area contributed by atoms with Crippen LogP contribution in [-0.2, 0) is 0 Å². The van der Waals surface area contributed by atoms with Crippen LogP contribution >= 0.6 is 0 Å². The third kappa shape index (κ3) is 2.84. The van der Waals surface area contributed by atoms with E-state index in [9.17, 15) is 0 Å². The Hall–Kier alpha value is -2.63. The summed E-state index contributed by atoms with van der Waals surface area (Å²) in [5.74, 6) is 2.59. The molecule has 1 aliphatic heterocycles. The number of aryl methyl sites for hydroxylation is 1. The van der Waals surface area contributed by atoms with Crippen molar-refractivity contribution in [1.82, 2.24) is 19.4 Å². The summed E-state index contributed by atoms with van der Waals surface area (Å²) in [7, 11) is 0. The summed E-state index contributed by atoms with van der Waals surface area (Å²) >= 11 is 0. The molecule has 1 N–H and O–H groups in total. The molecule has 0 bridgehead atoms. The summed E-state index contributed by atoms with van der Waals surface area (Å²) in [6.07, 6.45) is 8.63. The molecule has 1 atom stereocenters. The third-order valence-corrected chi connectivity index (χ3v) is 4.36. The molecule has 1 fully saturated rings. The molecular formula is C17H20N6. The number of fused-ring (bicyclic) bond motifs is 1. The molecule has 3 aromatic heterocycles. The zero-order valence-electron chi connectivity index (χ0n) is 13.2. The van der Waals surface area contributed by atoms with Crippen molar-refractivity contribution < 1.29 is 0 Å². The maximum Gasteiger partial charge on any atom is 0.154 e. The normalized spacial score (nSPS) is 17.8. The molecule has 0 aliphatic carbocycles. The van der Waals surface area contributed by atoms with Gasteiger partial charge in [0.25, 0.3) is 0 Å². The molecule has 0 spiro atoms. The number of hydrogen-bond donors (Lipinski definition) is 1. The number of anilines is 2. The predicted molar refractivity (Wildman–Crippen MR) is 90.8 cm³/mol. The van der Waals surface area contributed by atoms with E-state index < -0.39 is 0 Å². The Balaban J connectivity index is 1.42. The van der Waals surface area contributed by atoms with Crippen molar-refractivity contribution in [2.75, 3.05) is 29.9 Å². The standard InChI is InChI=1S/C17H20N6/c1-13-3-2-4-16(21-13)20-9-14-5-7-22(11-14)17-15-10-18-12-23(15)8-6-19-17/h2-4,6,8,10,12,14H,5,7,9,11H2,1H3,(H,20,21). The maximum atomic E-state index is 4.56. The molecule has 6 nitrogen and oxygen atoms in total. The largest absolute Gasteiger partial charge is 0.370 e. The van der Waals surface area contributed by atoms with Gasteiger partial charge in [0, 0.05) is 37.7 Å². The number of pyridine rings is 1. The predicted octanol–water partition coefficient (Wildman–Crippen LogP) is 2.37. The van der Waals surface area contributed by atoms with E-state index in [0.29, 0.717) is 5.92 Å². The van der Waals surface area contributed by atoms with Crippen LogP contribution in [0.5, 0.6) is 0 Å². The monoisotopic (exact) mass is 308 g/mol. The fourth-order valence-corrected chi connectivity index (χ4v) is 3.16. The molecule has 0 amide bonds. The highest BCUT2D eigenvalue weighted by Gasteiger charge is 2.24. The van der Waals surface area contributed by atoms with Gasteiger partial charge in [-0.15, -0.1) is 0 Å². The van der Waals surface area contributed by atoms with Crippen molar-refractivity contribution in [1.29, 1.82) is 0 Å². The van der Waals surface area contributed by atoms with E-state index in [1.54, 1.807) is 0 Å². The van der Waals surface area contributed by atoms with Crippen LogP contribution in [-0.4, -0.2) is 39.0 Å². The van der Waals surface area contributed by atoms with Gasteiger partial charge in [0.2, 0.25) is 0 Å². The smallest absolute Gasteiger partial charge is 0.154 e. The topological polar surface area (TPSA) is 58.4 Å². The highest BCUT2D eigenvalue weighted by Crippen LogP contribution is 2.25. The molecule has 1 aliphatic rings. The Morgan fingerprint density at radius 1 is 1.35 bits per heavy atom. The van der Waals surface area contributed by atoms with Crippen molar-refractivity contribution in [2.24, 2.45) is 5.92 Å². The fourth-order valence-electron chi connectivity index (χ4n) is 3.16. The van der Waals surface area contributed by atoms with Crippen LogP contribution in [0.4, 0.5) is 11.6 Å².